The highest BCUT2D eigenvalue weighted by Gasteiger charge is 2.32. The molecule has 4 heteroatoms. The second-order valence-electron chi connectivity index (χ2n) is 5.10. The number of nitrogens with two attached hydrogens (primary N) is 1. The standard InChI is InChI=1S/C14H20N2O2/c1-14(7-2-8-14)16-13(17)10-18-12-5-3-11(9-15)4-6-12/h3-6H,2,7-10,15H2,1H3,(H,16,17). The summed E-state index contributed by atoms with van der Waals surface area (Å²) in [7, 11) is 0. The Balaban J connectivity index is 1.78. The van der Waals surface area contributed by atoms with Gasteiger partial charge in [-0.3, -0.25) is 4.79 Å². The first-order chi connectivity index (χ1) is 8.61. The van der Waals surface area contributed by atoms with Gasteiger partial charge in [-0.2, -0.15) is 0 Å². The molecular weight excluding hydrogens is 228 g/mol. The van der Waals surface area contributed by atoms with Crippen LogP contribution >= 0.6 is 0 Å². The van der Waals surface area contributed by atoms with Crippen molar-refractivity contribution >= 4 is 5.91 Å². The summed E-state index contributed by atoms with van der Waals surface area (Å²) in [6, 6.07) is 7.47. The third kappa shape index (κ3) is 3.23. The third-order valence-corrected chi connectivity index (χ3v) is 3.43. The Labute approximate surface area is 108 Å². The molecule has 0 bridgehead atoms. The molecule has 1 aliphatic carbocycles. The quantitative estimate of drug-likeness (QED) is 0.831. The Morgan fingerprint density at radius 1 is 1.39 bits per heavy atom. The number of carbonyl (C=O) groups is 1. The van der Waals surface area contributed by atoms with E-state index in [0.717, 1.165) is 18.4 Å². The molecule has 0 spiro atoms. The number of amides is 1. The van der Waals surface area contributed by atoms with Gasteiger partial charge in [0.25, 0.3) is 5.91 Å². The first-order valence-electron chi connectivity index (χ1n) is 6.34. The second kappa shape index (κ2) is 5.40. The summed E-state index contributed by atoms with van der Waals surface area (Å²) in [5.74, 6) is 0.640. The predicted molar refractivity (Wildman–Crippen MR) is 70.2 cm³/mol. The van der Waals surface area contributed by atoms with Crippen molar-refractivity contribution in [3.05, 3.63) is 29.8 Å². The van der Waals surface area contributed by atoms with Crippen molar-refractivity contribution < 1.29 is 9.53 Å². The maximum absolute atomic E-state index is 11.7. The summed E-state index contributed by atoms with van der Waals surface area (Å²) in [5, 5.41) is 3.00. The van der Waals surface area contributed by atoms with Crippen LogP contribution < -0.4 is 15.8 Å². The maximum Gasteiger partial charge on any atom is 0.258 e. The Morgan fingerprint density at radius 3 is 2.56 bits per heavy atom. The van der Waals surface area contributed by atoms with Crippen molar-refractivity contribution in [3.8, 4) is 5.75 Å². The van der Waals surface area contributed by atoms with E-state index in [-0.39, 0.29) is 18.1 Å². The van der Waals surface area contributed by atoms with Crippen molar-refractivity contribution in [2.24, 2.45) is 5.73 Å². The molecule has 2 rings (SSSR count). The van der Waals surface area contributed by atoms with Gasteiger partial charge in [0, 0.05) is 12.1 Å². The molecule has 1 aromatic rings. The fraction of sp³-hybridized carbons (Fsp3) is 0.500. The molecule has 1 saturated carbocycles. The van der Waals surface area contributed by atoms with Crippen LogP contribution in [0.4, 0.5) is 0 Å². The molecule has 18 heavy (non-hydrogen) atoms. The van der Waals surface area contributed by atoms with Gasteiger partial charge in [0.15, 0.2) is 6.61 Å². The molecule has 0 saturated heterocycles. The SMILES string of the molecule is CC1(NC(=O)COc2ccc(CN)cc2)CCC1. The summed E-state index contributed by atoms with van der Waals surface area (Å²) in [4.78, 5) is 11.7. The molecule has 1 fully saturated rings. The lowest BCUT2D eigenvalue weighted by Gasteiger charge is -2.39. The predicted octanol–water partition coefficient (Wildman–Crippen LogP) is 1.58. The highest BCUT2D eigenvalue weighted by Crippen LogP contribution is 2.30. The molecule has 0 heterocycles. The van der Waals surface area contributed by atoms with E-state index in [4.69, 9.17) is 10.5 Å². The Hall–Kier alpha value is -1.55. The zero-order valence-corrected chi connectivity index (χ0v) is 10.7. The Kier molecular flexibility index (Phi) is 3.87. The van der Waals surface area contributed by atoms with Gasteiger partial charge >= 0.3 is 0 Å². The van der Waals surface area contributed by atoms with Gasteiger partial charge in [0.2, 0.25) is 0 Å². The van der Waals surface area contributed by atoms with Crippen molar-refractivity contribution in [2.75, 3.05) is 6.61 Å². The van der Waals surface area contributed by atoms with E-state index in [9.17, 15) is 4.79 Å². The molecule has 4 nitrogen and oxygen atoms in total. The number of nitrogens with one attached hydrogen (secondary N) is 1. The minimum atomic E-state index is -0.0555. The second-order valence-corrected chi connectivity index (χ2v) is 5.10. The monoisotopic (exact) mass is 248 g/mol. The van der Waals surface area contributed by atoms with Gasteiger partial charge in [-0.15, -0.1) is 0 Å². The van der Waals surface area contributed by atoms with Crippen LogP contribution in [0, 0.1) is 0 Å². The van der Waals surface area contributed by atoms with Gasteiger partial charge in [-0.05, 0) is 43.9 Å². The molecule has 1 aromatic carbocycles. The number of carbonyl (C=O) groups excluding carboxylic acids is 1. The van der Waals surface area contributed by atoms with Gasteiger partial charge in [-0.25, -0.2) is 0 Å². The van der Waals surface area contributed by atoms with Crippen LogP contribution in [0.25, 0.3) is 0 Å². The van der Waals surface area contributed by atoms with E-state index >= 15 is 0 Å². The molecule has 98 valence electrons. The van der Waals surface area contributed by atoms with Gasteiger partial charge in [-0.1, -0.05) is 12.1 Å². The van der Waals surface area contributed by atoms with E-state index in [2.05, 4.69) is 12.2 Å². The Bertz CT molecular complexity index is 410. The molecule has 0 radical (unpaired) electrons. The molecule has 0 atom stereocenters. The van der Waals surface area contributed by atoms with Gasteiger partial charge in [0.1, 0.15) is 5.75 Å². The first kappa shape index (κ1) is 12.9. The van der Waals surface area contributed by atoms with E-state index < -0.39 is 0 Å². The average molecular weight is 248 g/mol. The minimum absolute atomic E-state index is 0.0101. The summed E-state index contributed by atoms with van der Waals surface area (Å²) in [6.45, 7) is 2.65. The number of hydrogen-bond acceptors (Lipinski definition) is 3. The molecule has 0 aromatic heterocycles. The van der Waals surface area contributed by atoms with E-state index in [1.807, 2.05) is 24.3 Å². The van der Waals surface area contributed by atoms with Crippen LogP contribution in [0.1, 0.15) is 31.7 Å². The molecule has 1 aliphatic rings. The summed E-state index contributed by atoms with van der Waals surface area (Å²) in [6.07, 6.45) is 3.31. The maximum atomic E-state index is 11.7. The summed E-state index contributed by atoms with van der Waals surface area (Å²) in [5.41, 5.74) is 6.55. The zero-order chi connectivity index (χ0) is 13.0. The summed E-state index contributed by atoms with van der Waals surface area (Å²) >= 11 is 0. The largest absolute Gasteiger partial charge is 0.484 e. The number of hydrogen-bond donors (Lipinski definition) is 2. The van der Waals surface area contributed by atoms with E-state index in [1.54, 1.807) is 0 Å². The molecule has 0 unspecified atom stereocenters. The molecule has 3 N–H and O–H groups in total. The fourth-order valence-electron chi connectivity index (χ4n) is 2.08. The minimum Gasteiger partial charge on any atom is -0.484 e. The van der Waals surface area contributed by atoms with Crippen molar-refractivity contribution in [1.29, 1.82) is 0 Å². The normalized spacial score (nSPS) is 16.8. The van der Waals surface area contributed by atoms with Gasteiger partial charge < -0.3 is 15.8 Å². The number of benzene rings is 1. The van der Waals surface area contributed by atoms with E-state index in [0.29, 0.717) is 12.3 Å². The first-order valence-corrected chi connectivity index (χ1v) is 6.34. The van der Waals surface area contributed by atoms with Crippen LogP contribution in [0.2, 0.25) is 0 Å². The fourth-order valence-corrected chi connectivity index (χ4v) is 2.08. The highest BCUT2D eigenvalue weighted by atomic mass is 16.5. The lowest BCUT2D eigenvalue weighted by molar-refractivity contribution is -0.125. The number of ether oxygens (including phenoxy) is 1. The topological polar surface area (TPSA) is 64.3 Å². The number of rotatable bonds is 5. The summed E-state index contributed by atoms with van der Waals surface area (Å²) < 4.78 is 5.43. The molecular formula is C14H20N2O2. The average Bonchev–Trinajstić information content (AvgIpc) is 2.35. The highest BCUT2D eigenvalue weighted by molar-refractivity contribution is 5.78. The van der Waals surface area contributed by atoms with Crippen molar-refractivity contribution in [3.63, 3.8) is 0 Å². The van der Waals surface area contributed by atoms with Gasteiger partial charge in [0.05, 0.1) is 0 Å². The van der Waals surface area contributed by atoms with Crippen molar-refractivity contribution in [1.82, 2.24) is 5.32 Å². The zero-order valence-electron chi connectivity index (χ0n) is 10.7. The van der Waals surface area contributed by atoms with Crippen LogP contribution in [-0.4, -0.2) is 18.1 Å². The smallest absolute Gasteiger partial charge is 0.258 e. The Morgan fingerprint density at radius 2 is 2.06 bits per heavy atom. The molecule has 1 amide bonds. The van der Waals surface area contributed by atoms with Crippen LogP contribution in [0.3, 0.4) is 0 Å². The van der Waals surface area contributed by atoms with Crippen LogP contribution in [-0.2, 0) is 11.3 Å². The van der Waals surface area contributed by atoms with Crippen molar-refractivity contribution in [2.45, 2.75) is 38.3 Å². The van der Waals surface area contributed by atoms with Crippen LogP contribution in [0.15, 0.2) is 24.3 Å². The van der Waals surface area contributed by atoms with E-state index in [1.165, 1.54) is 6.42 Å². The lowest BCUT2D eigenvalue weighted by atomic mass is 9.78. The van der Waals surface area contributed by atoms with Crippen LogP contribution in [0.5, 0.6) is 5.75 Å². The molecule has 0 aliphatic heterocycles. The third-order valence-electron chi connectivity index (χ3n) is 3.43. The lowest BCUT2D eigenvalue weighted by Crippen LogP contribution is -2.52.